The molecule has 4 aromatic carbocycles. The molecule has 0 aliphatic heterocycles. The van der Waals surface area contributed by atoms with E-state index in [0.717, 1.165) is 17.2 Å². The van der Waals surface area contributed by atoms with Crippen molar-refractivity contribution >= 4 is 38.4 Å². The van der Waals surface area contributed by atoms with Gasteiger partial charge in [0.1, 0.15) is 0 Å². The van der Waals surface area contributed by atoms with Crippen LogP contribution in [-0.4, -0.2) is 0 Å². The first-order chi connectivity index (χ1) is 20.3. The molecule has 6 heteroatoms. The van der Waals surface area contributed by atoms with Gasteiger partial charge in [-0.1, -0.05) is 203 Å². The summed E-state index contributed by atoms with van der Waals surface area (Å²) in [6, 6.07) is 42.3. The Labute approximate surface area is 268 Å². The Morgan fingerprint density at radius 1 is 0.439 bits per heavy atom. The molecule has 2 nitrogen and oxygen atoms in total. The van der Waals surface area contributed by atoms with E-state index in [-0.39, 0.29) is 0 Å². The number of hydrogen-bond acceptors (Lipinski definition) is 1. The van der Waals surface area contributed by atoms with Crippen LogP contribution in [0.3, 0.4) is 0 Å². The predicted molar refractivity (Wildman–Crippen MR) is 172 cm³/mol. The van der Waals surface area contributed by atoms with Crippen molar-refractivity contribution in [3.8, 4) is 0 Å². The van der Waals surface area contributed by atoms with Crippen molar-refractivity contribution in [2.45, 2.75) is 64.2 Å². The number of benzene rings is 4. The average Bonchev–Trinajstić information content (AvgIpc) is 3.82. The summed E-state index contributed by atoms with van der Waals surface area (Å²) in [4.78, 5) is 0. The zero-order valence-electron chi connectivity index (χ0n) is 23.8. The van der Waals surface area contributed by atoms with Gasteiger partial charge in [0.05, 0.1) is 0 Å². The number of rotatable bonds is 4. The molecule has 0 amide bonds. The Morgan fingerprint density at radius 3 is 0.732 bits per heavy atom. The standard InChI is InChI=1S/2C12H11P.2C5H10.CO.2Mo.O/c2*1-3-7-11(8-4-1)13-12-9-5-2-6-10-12;2*1-2-4-5-3-1;1-2;;;/h2*1-10,13H;2*1-5H2;;;;. The maximum Gasteiger partial charge on any atom is -0.0226 e. The molecule has 41 heavy (non-hydrogen) atoms. The van der Waals surface area contributed by atoms with E-state index in [9.17, 15) is 0 Å². The van der Waals surface area contributed by atoms with Crippen molar-refractivity contribution in [2.75, 3.05) is 0 Å². The first-order valence-corrected chi connectivity index (χ1v) is 22.7. The van der Waals surface area contributed by atoms with E-state index in [1.54, 1.807) is 16.2 Å². The van der Waals surface area contributed by atoms with Crippen molar-refractivity contribution in [3.05, 3.63) is 128 Å². The van der Waals surface area contributed by atoms with Gasteiger partial charge in [0.25, 0.3) is 0 Å². The third-order valence-electron chi connectivity index (χ3n) is 6.17. The molecule has 2 saturated carbocycles. The minimum atomic E-state index is -0.770. The molecule has 0 atom stereocenters. The molecular formula is C35H42Mo2O2P2. The van der Waals surface area contributed by atoms with Gasteiger partial charge in [0, 0.05) is 0 Å². The van der Waals surface area contributed by atoms with Gasteiger partial charge in [0.2, 0.25) is 0 Å². The molecule has 0 radical (unpaired) electrons. The maximum absolute atomic E-state index is 9.06. The Hall–Kier alpha value is -1.34. The third kappa shape index (κ3) is 21.9. The summed E-state index contributed by atoms with van der Waals surface area (Å²) < 4.78 is 16.6. The Kier molecular flexibility index (Phi) is 26.4. The van der Waals surface area contributed by atoms with Crippen molar-refractivity contribution < 1.29 is 39.2 Å². The third-order valence-corrected chi connectivity index (χ3v) is 8.66. The fourth-order valence-corrected chi connectivity index (χ4v) is 6.29. The van der Waals surface area contributed by atoms with E-state index >= 15 is 0 Å². The first-order valence-electron chi connectivity index (χ1n) is 14.2. The molecule has 6 rings (SSSR count). The normalized spacial score (nSPS) is 12.4. The molecule has 0 aromatic heterocycles. The van der Waals surface area contributed by atoms with E-state index in [1.165, 1.54) is 85.4 Å². The summed E-state index contributed by atoms with van der Waals surface area (Å²) in [7, 11) is 1.55. The summed E-state index contributed by atoms with van der Waals surface area (Å²) in [5, 5.41) is 5.59. The quantitative estimate of drug-likeness (QED) is 0.0895. The van der Waals surface area contributed by atoms with Gasteiger partial charge in [-0.15, -0.1) is 0 Å². The van der Waals surface area contributed by atoms with Gasteiger partial charge >= 0.3 is 45.9 Å². The molecule has 0 bridgehead atoms. The van der Waals surface area contributed by atoms with Gasteiger partial charge in [0.15, 0.2) is 0 Å². The van der Waals surface area contributed by atoms with Gasteiger partial charge in [-0.05, 0) is 21.2 Å². The molecule has 0 heterocycles. The minimum absolute atomic E-state index is 0.770. The molecular weight excluding hydrogens is 706 g/mol. The molecule has 4 aromatic rings. The average molecular weight is 749 g/mol. The smallest absolute Gasteiger partial charge is 0.0226 e. The van der Waals surface area contributed by atoms with Crippen LogP contribution < -0.4 is 21.2 Å². The van der Waals surface area contributed by atoms with E-state index in [4.69, 9.17) is 8.05 Å². The Balaban J connectivity index is 0.000000278. The molecule has 2 fully saturated rings. The van der Waals surface area contributed by atoms with Gasteiger partial charge in [-0.2, -0.15) is 0 Å². The Morgan fingerprint density at radius 2 is 0.585 bits per heavy atom. The van der Waals surface area contributed by atoms with Crippen LogP contribution in [0.25, 0.3) is 0 Å². The largest absolute Gasteiger partial charge is 0.0622 e. The van der Waals surface area contributed by atoms with E-state index in [2.05, 4.69) is 128 Å². The summed E-state index contributed by atoms with van der Waals surface area (Å²) in [5.74, 6) is 0. The van der Waals surface area contributed by atoms with Gasteiger partial charge < -0.3 is 0 Å². The van der Waals surface area contributed by atoms with Crippen LogP contribution >= 0.6 is 17.2 Å². The van der Waals surface area contributed by atoms with E-state index < -0.39 is 14.9 Å². The second-order valence-corrected chi connectivity index (χ2v) is 14.4. The zero-order valence-corrected chi connectivity index (χ0v) is 29.8. The molecule has 0 N–H and O–H groups in total. The SMILES string of the molecule is C1CCCC1.C1CCCC1.[C-]#[O+].[O]=[Mo]=[Mo].c1ccc(Pc2ccccc2)cc1.c1ccc(Pc2ccccc2)cc1. The topological polar surface area (TPSA) is 37.0 Å². The monoisotopic (exact) mass is 752 g/mol. The minimum Gasteiger partial charge on any atom is -0.0622 e. The second-order valence-electron chi connectivity index (χ2n) is 9.32. The molecule has 0 unspecified atom stereocenters. The summed E-state index contributed by atoms with van der Waals surface area (Å²) in [6.45, 7) is 4.50. The van der Waals surface area contributed by atoms with Crippen LogP contribution in [0.1, 0.15) is 64.2 Å². The van der Waals surface area contributed by atoms with Crippen LogP contribution in [0.2, 0.25) is 0 Å². The fraction of sp³-hybridized carbons (Fsp3) is 0.286. The van der Waals surface area contributed by atoms with Crippen LogP contribution in [0, 0.1) is 6.65 Å². The van der Waals surface area contributed by atoms with Crippen molar-refractivity contribution in [3.63, 3.8) is 0 Å². The molecule has 0 saturated heterocycles. The second kappa shape index (κ2) is 28.8. The zero-order chi connectivity index (χ0) is 29.6. The fourth-order valence-electron chi connectivity index (χ4n) is 4.19. The van der Waals surface area contributed by atoms with Crippen molar-refractivity contribution in [1.29, 1.82) is 0 Å². The van der Waals surface area contributed by atoms with Crippen molar-refractivity contribution in [2.24, 2.45) is 0 Å². The first kappa shape index (κ1) is 37.7. The molecule has 0 spiro atoms. The predicted octanol–water partition coefficient (Wildman–Crippen LogP) is 8.37. The molecule has 2 aliphatic rings. The van der Waals surface area contributed by atoms with Gasteiger partial charge in [-0.3, -0.25) is 0 Å². The van der Waals surface area contributed by atoms with Crippen LogP contribution in [-0.2, 0) is 39.2 Å². The Bertz CT molecular complexity index is 984. The van der Waals surface area contributed by atoms with Crippen LogP contribution in [0.15, 0.2) is 121 Å². The van der Waals surface area contributed by atoms with E-state index in [1.807, 2.05) is 0 Å². The number of hydrogen-bond donors (Lipinski definition) is 0. The summed E-state index contributed by atoms with van der Waals surface area (Å²) >= 11 is 0.875. The summed E-state index contributed by atoms with van der Waals surface area (Å²) in [5.41, 5.74) is 0. The van der Waals surface area contributed by atoms with Crippen LogP contribution in [0.4, 0.5) is 0 Å². The molecule has 216 valence electrons. The van der Waals surface area contributed by atoms with Crippen LogP contribution in [0.5, 0.6) is 0 Å². The van der Waals surface area contributed by atoms with Crippen molar-refractivity contribution in [1.82, 2.24) is 0 Å². The maximum atomic E-state index is 9.06. The molecule has 2 aliphatic carbocycles. The van der Waals surface area contributed by atoms with Gasteiger partial charge in [-0.25, -0.2) is 0 Å². The summed E-state index contributed by atoms with van der Waals surface area (Å²) in [6.07, 6.45) is 15.0. The van der Waals surface area contributed by atoms with E-state index in [0.29, 0.717) is 0 Å².